The molecular weight excluding hydrogens is 236 g/mol. The van der Waals surface area contributed by atoms with Crippen molar-refractivity contribution in [1.82, 2.24) is 4.90 Å². The molecule has 1 aromatic rings. The number of carbonyl (C=O) groups excluding carboxylic acids is 1. The fourth-order valence-corrected chi connectivity index (χ4v) is 1.58. The van der Waals surface area contributed by atoms with Crippen molar-refractivity contribution in [2.24, 2.45) is 0 Å². The molecule has 0 spiro atoms. The van der Waals surface area contributed by atoms with Gasteiger partial charge in [0.25, 0.3) is 5.69 Å². The lowest BCUT2D eigenvalue weighted by Crippen LogP contribution is -2.24. The molecule has 0 fully saturated rings. The van der Waals surface area contributed by atoms with Crippen LogP contribution in [0.15, 0.2) is 36.5 Å². The van der Waals surface area contributed by atoms with Crippen molar-refractivity contribution in [3.05, 3.63) is 52.2 Å². The van der Waals surface area contributed by atoms with Crippen molar-refractivity contribution in [3.63, 3.8) is 0 Å². The summed E-state index contributed by atoms with van der Waals surface area (Å²) in [7, 11) is 0. The summed E-state index contributed by atoms with van der Waals surface area (Å²) in [5.41, 5.74) is 0.740. The van der Waals surface area contributed by atoms with Gasteiger partial charge >= 0.3 is 6.09 Å². The molecule has 0 unspecified atom stereocenters. The fraction of sp³-hybridized carbons (Fsp3) is 0.250. The second-order valence-electron chi connectivity index (χ2n) is 3.84. The SMILES string of the molecule is O=C(OCc1ccc([N+](=O)[O-])cc1)N1C=CCC1. The third kappa shape index (κ3) is 2.85. The minimum atomic E-state index is -0.467. The average Bonchev–Trinajstić information content (AvgIpc) is 2.90. The number of non-ortho nitro benzene ring substituents is 1. The average molecular weight is 248 g/mol. The van der Waals surface area contributed by atoms with E-state index in [9.17, 15) is 14.9 Å². The van der Waals surface area contributed by atoms with Gasteiger partial charge in [-0.3, -0.25) is 15.0 Å². The Bertz CT molecular complexity index is 481. The van der Waals surface area contributed by atoms with Crippen molar-refractivity contribution >= 4 is 11.8 Å². The molecule has 1 aliphatic rings. The first-order valence-electron chi connectivity index (χ1n) is 5.50. The zero-order valence-corrected chi connectivity index (χ0v) is 9.61. The van der Waals surface area contributed by atoms with Gasteiger partial charge in [0.2, 0.25) is 0 Å². The predicted molar refractivity (Wildman–Crippen MR) is 63.7 cm³/mol. The molecule has 1 amide bonds. The number of ether oxygens (including phenoxy) is 1. The highest BCUT2D eigenvalue weighted by atomic mass is 16.6. The summed E-state index contributed by atoms with van der Waals surface area (Å²) in [4.78, 5) is 23.0. The molecule has 1 aromatic carbocycles. The molecular formula is C12H12N2O4. The number of hydrogen-bond donors (Lipinski definition) is 0. The first-order chi connectivity index (χ1) is 8.66. The zero-order chi connectivity index (χ0) is 13.0. The summed E-state index contributed by atoms with van der Waals surface area (Å²) >= 11 is 0. The number of benzene rings is 1. The number of nitro groups is 1. The Balaban J connectivity index is 1.88. The lowest BCUT2D eigenvalue weighted by molar-refractivity contribution is -0.384. The molecule has 0 radical (unpaired) electrons. The van der Waals surface area contributed by atoms with Crippen molar-refractivity contribution in [2.45, 2.75) is 13.0 Å². The lowest BCUT2D eigenvalue weighted by atomic mass is 10.2. The minimum absolute atomic E-state index is 0.0209. The van der Waals surface area contributed by atoms with E-state index in [2.05, 4.69) is 0 Å². The summed E-state index contributed by atoms with van der Waals surface area (Å²) in [5.74, 6) is 0. The molecule has 0 atom stereocenters. The molecule has 0 saturated heterocycles. The quantitative estimate of drug-likeness (QED) is 0.608. The van der Waals surface area contributed by atoms with Crippen LogP contribution in [0.25, 0.3) is 0 Å². The van der Waals surface area contributed by atoms with Gasteiger partial charge in [-0.15, -0.1) is 0 Å². The summed E-state index contributed by atoms with van der Waals surface area (Å²) in [5, 5.41) is 10.5. The maximum atomic E-state index is 11.5. The van der Waals surface area contributed by atoms with Gasteiger partial charge in [-0.2, -0.15) is 0 Å². The maximum absolute atomic E-state index is 11.5. The molecule has 0 bridgehead atoms. The van der Waals surface area contributed by atoms with Gasteiger partial charge in [0, 0.05) is 24.9 Å². The molecule has 94 valence electrons. The second-order valence-corrected chi connectivity index (χ2v) is 3.84. The summed E-state index contributed by atoms with van der Waals surface area (Å²) in [6, 6.07) is 5.92. The van der Waals surface area contributed by atoms with Crippen LogP contribution in [0.5, 0.6) is 0 Å². The van der Waals surface area contributed by atoms with Gasteiger partial charge < -0.3 is 4.74 Å². The number of rotatable bonds is 3. The van der Waals surface area contributed by atoms with Crippen LogP contribution >= 0.6 is 0 Å². The van der Waals surface area contributed by atoms with Crippen molar-refractivity contribution in [2.75, 3.05) is 6.54 Å². The van der Waals surface area contributed by atoms with E-state index < -0.39 is 11.0 Å². The Labute approximate surface area is 104 Å². The number of nitro benzene ring substituents is 1. The van der Waals surface area contributed by atoms with Crippen LogP contribution in [0.2, 0.25) is 0 Å². The topological polar surface area (TPSA) is 72.7 Å². The van der Waals surface area contributed by atoms with Crippen molar-refractivity contribution < 1.29 is 14.5 Å². The van der Waals surface area contributed by atoms with Gasteiger partial charge in [0.1, 0.15) is 6.61 Å². The minimum Gasteiger partial charge on any atom is -0.444 e. The Hall–Kier alpha value is -2.37. The first-order valence-corrected chi connectivity index (χ1v) is 5.50. The smallest absolute Gasteiger partial charge is 0.414 e. The molecule has 6 heteroatoms. The van der Waals surface area contributed by atoms with E-state index in [4.69, 9.17) is 4.74 Å². The van der Waals surface area contributed by atoms with E-state index in [0.29, 0.717) is 6.54 Å². The number of carbonyl (C=O) groups is 1. The molecule has 6 nitrogen and oxygen atoms in total. The number of hydrogen-bond acceptors (Lipinski definition) is 4. The molecule has 1 aliphatic heterocycles. The maximum Gasteiger partial charge on any atom is 0.414 e. The first kappa shape index (κ1) is 12.1. The molecule has 2 rings (SSSR count). The van der Waals surface area contributed by atoms with Gasteiger partial charge in [0.15, 0.2) is 0 Å². The number of nitrogens with zero attached hydrogens (tertiary/aromatic N) is 2. The standard InChI is InChI=1S/C12H12N2O4/c15-12(13-7-1-2-8-13)18-9-10-3-5-11(6-4-10)14(16)17/h1,3-7H,2,8-9H2. The highest BCUT2D eigenvalue weighted by Gasteiger charge is 2.14. The normalized spacial score (nSPS) is 13.7. The Kier molecular flexibility index (Phi) is 3.57. The van der Waals surface area contributed by atoms with Crippen LogP contribution in [-0.4, -0.2) is 22.5 Å². The van der Waals surface area contributed by atoms with Gasteiger partial charge in [-0.25, -0.2) is 4.79 Å². The van der Waals surface area contributed by atoms with Crippen LogP contribution in [0.3, 0.4) is 0 Å². The van der Waals surface area contributed by atoms with E-state index in [1.165, 1.54) is 17.0 Å². The Morgan fingerprint density at radius 2 is 2.11 bits per heavy atom. The van der Waals surface area contributed by atoms with E-state index in [1.807, 2.05) is 6.08 Å². The van der Waals surface area contributed by atoms with Crippen molar-refractivity contribution in [1.29, 1.82) is 0 Å². The van der Waals surface area contributed by atoms with Crippen LogP contribution in [0, 0.1) is 10.1 Å². The summed E-state index contributed by atoms with van der Waals surface area (Å²) in [6.45, 7) is 0.750. The Morgan fingerprint density at radius 1 is 1.39 bits per heavy atom. The highest BCUT2D eigenvalue weighted by Crippen LogP contribution is 2.13. The summed E-state index contributed by atoms with van der Waals surface area (Å²) < 4.78 is 5.08. The van der Waals surface area contributed by atoms with Crippen molar-refractivity contribution in [3.8, 4) is 0 Å². The third-order valence-electron chi connectivity index (χ3n) is 2.57. The molecule has 1 heterocycles. The van der Waals surface area contributed by atoms with E-state index >= 15 is 0 Å². The largest absolute Gasteiger partial charge is 0.444 e. The van der Waals surface area contributed by atoms with Crippen LogP contribution < -0.4 is 0 Å². The van der Waals surface area contributed by atoms with Gasteiger partial charge in [-0.1, -0.05) is 6.08 Å². The second kappa shape index (κ2) is 5.31. The van der Waals surface area contributed by atoms with Gasteiger partial charge in [0.05, 0.1) is 4.92 Å². The van der Waals surface area contributed by atoms with Crippen LogP contribution in [0.1, 0.15) is 12.0 Å². The number of amides is 1. The highest BCUT2D eigenvalue weighted by molar-refractivity contribution is 5.69. The lowest BCUT2D eigenvalue weighted by Gasteiger charge is -2.13. The molecule has 0 aromatic heterocycles. The summed E-state index contributed by atoms with van der Waals surface area (Å²) in [6.07, 6.45) is 4.03. The molecule has 0 aliphatic carbocycles. The van der Waals surface area contributed by atoms with Crippen LogP contribution in [-0.2, 0) is 11.3 Å². The third-order valence-corrected chi connectivity index (χ3v) is 2.57. The van der Waals surface area contributed by atoms with Gasteiger partial charge in [-0.05, 0) is 24.1 Å². The fourth-order valence-electron chi connectivity index (χ4n) is 1.58. The van der Waals surface area contributed by atoms with E-state index in [1.54, 1.807) is 18.3 Å². The predicted octanol–water partition coefficient (Wildman–Crippen LogP) is 2.45. The Morgan fingerprint density at radius 3 is 2.67 bits per heavy atom. The molecule has 0 N–H and O–H groups in total. The zero-order valence-electron chi connectivity index (χ0n) is 9.61. The van der Waals surface area contributed by atoms with Crippen LogP contribution in [0.4, 0.5) is 10.5 Å². The molecule has 0 saturated carbocycles. The van der Waals surface area contributed by atoms with E-state index in [-0.39, 0.29) is 12.3 Å². The monoisotopic (exact) mass is 248 g/mol. The van der Waals surface area contributed by atoms with E-state index in [0.717, 1.165) is 12.0 Å². The molecule has 18 heavy (non-hydrogen) atoms.